The number of piperidine rings is 1. The van der Waals surface area contributed by atoms with Crippen LogP contribution in [0.4, 0.5) is 4.39 Å². The Hall–Kier alpha value is -3.30. The number of carbonyl (C=O) groups is 2. The number of halogens is 1. The molecule has 1 fully saturated rings. The minimum atomic E-state index is -0.353. The molecule has 0 saturated carbocycles. The average molecular weight is 496 g/mol. The Balaban J connectivity index is 1.16. The third kappa shape index (κ3) is 5.06. The number of hydrogen-bond donors (Lipinski definition) is 2. The van der Waals surface area contributed by atoms with Crippen LogP contribution in [-0.4, -0.2) is 62.9 Å². The number of fused-ring (bicyclic) bond motifs is 1. The lowest BCUT2D eigenvalue weighted by Crippen LogP contribution is -2.37. The lowest BCUT2D eigenvalue weighted by Gasteiger charge is -2.30. The van der Waals surface area contributed by atoms with Crippen molar-refractivity contribution in [2.24, 2.45) is 0 Å². The van der Waals surface area contributed by atoms with Crippen molar-refractivity contribution in [1.29, 1.82) is 0 Å². The second-order valence-electron chi connectivity index (χ2n) is 9.14. The normalized spacial score (nSPS) is 16.8. The van der Waals surface area contributed by atoms with Crippen LogP contribution in [0.25, 0.3) is 0 Å². The van der Waals surface area contributed by atoms with E-state index in [4.69, 9.17) is 0 Å². The van der Waals surface area contributed by atoms with Gasteiger partial charge in [0.25, 0.3) is 5.91 Å². The molecule has 0 radical (unpaired) electrons. The molecule has 35 heavy (non-hydrogen) atoms. The Morgan fingerprint density at radius 2 is 1.71 bits per heavy atom. The van der Waals surface area contributed by atoms with Crippen molar-refractivity contribution in [3.05, 3.63) is 75.0 Å². The Labute approximate surface area is 206 Å². The quantitative estimate of drug-likeness (QED) is 0.411. The standard InChI is InChI=1S/C26H26FN3O4S/c27-20-3-1-16(2-4-20)24(33)14-29-8-5-17(6-9-29)25-28-21(15-35-25)26(34)30-10-7-18-11-22(31)23(32)12-19(18)13-30/h1-4,11-12,15,17,31-32H,5-10,13-14H2. The van der Waals surface area contributed by atoms with Gasteiger partial charge in [-0.25, -0.2) is 9.37 Å². The maximum Gasteiger partial charge on any atom is 0.273 e. The molecule has 1 aromatic heterocycles. The van der Waals surface area contributed by atoms with Gasteiger partial charge in [0.15, 0.2) is 17.3 Å². The van der Waals surface area contributed by atoms with Gasteiger partial charge in [-0.05, 0) is 79.9 Å². The molecule has 5 rings (SSSR count). The van der Waals surface area contributed by atoms with Crippen molar-refractivity contribution in [2.75, 3.05) is 26.2 Å². The summed E-state index contributed by atoms with van der Waals surface area (Å²) in [5.74, 6) is -0.572. The number of Topliss-reactive ketones (excluding diaryl/α,β-unsaturated/α-hetero) is 1. The number of ketones is 1. The molecule has 182 valence electrons. The summed E-state index contributed by atoms with van der Waals surface area (Å²) in [6.45, 7) is 2.74. The van der Waals surface area contributed by atoms with E-state index < -0.39 is 0 Å². The molecule has 3 aromatic rings. The number of amides is 1. The number of thiazole rings is 1. The lowest BCUT2D eigenvalue weighted by molar-refractivity contribution is 0.0728. The van der Waals surface area contributed by atoms with Crippen LogP contribution < -0.4 is 0 Å². The summed E-state index contributed by atoms with van der Waals surface area (Å²) >= 11 is 1.50. The van der Waals surface area contributed by atoms with E-state index in [0.717, 1.165) is 42.1 Å². The molecule has 0 spiro atoms. The highest BCUT2D eigenvalue weighted by Crippen LogP contribution is 2.33. The van der Waals surface area contributed by atoms with Gasteiger partial charge < -0.3 is 15.1 Å². The van der Waals surface area contributed by atoms with Gasteiger partial charge in [0, 0.05) is 30.0 Å². The Morgan fingerprint density at radius 3 is 2.43 bits per heavy atom. The Kier molecular flexibility index (Phi) is 6.53. The van der Waals surface area contributed by atoms with Crippen molar-refractivity contribution < 1.29 is 24.2 Å². The van der Waals surface area contributed by atoms with Gasteiger partial charge >= 0.3 is 0 Å². The van der Waals surface area contributed by atoms with Gasteiger partial charge in [-0.15, -0.1) is 11.3 Å². The first-order valence-corrected chi connectivity index (χ1v) is 12.5. The number of phenols is 2. The molecule has 0 aliphatic carbocycles. The molecule has 2 aromatic carbocycles. The summed E-state index contributed by atoms with van der Waals surface area (Å²) in [7, 11) is 0. The van der Waals surface area contributed by atoms with Crippen LogP contribution in [0.2, 0.25) is 0 Å². The molecular formula is C26H26FN3O4S. The van der Waals surface area contributed by atoms with Gasteiger partial charge in [0.1, 0.15) is 11.5 Å². The van der Waals surface area contributed by atoms with Gasteiger partial charge in [-0.3, -0.25) is 14.5 Å². The number of aromatic hydroxyl groups is 2. The van der Waals surface area contributed by atoms with E-state index in [0.29, 0.717) is 37.3 Å². The lowest BCUT2D eigenvalue weighted by atomic mass is 9.97. The first-order chi connectivity index (χ1) is 16.9. The molecule has 0 atom stereocenters. The van der Waals surface area contributed by atoms with Crippen molar-refractivity contribution in [3.8, 4) is 11.5 Å². The maximum absolute atomic E-state index is 13.1. The number of rotatable bonds is 5. The number of benzene rings is 2. The number of likely N-dealkylation sites (tertiary alicyclic amines) is 1. The van der Waals surface area contributed by atoms with Crippen LogP contribution in [0.3, 0.4) is 0 Å². The van der Waals surface area contributed by atoms with Crippen LogP contribution in [0.5, 0.6) is 11.5 Å². The first kappa shape index (κ1) is 23.4. The highest BCUT2D eigenvalue weighted by molar-refractivity contribution is 7.09. The molecule has 0 unspecified atom stereocenters. The summed E-state index contributed by atoms with van der Waals surface area (Å²) in [6, 6.07) is 8.73. The highest BCUT2D eigenvalue weighted by Gasteiger charge is 2.28. The molecular weight excluding hydrogens is 469 g/mol. The average Bonchev–Trinajstić information content (AvgIpc) is 3.35. The Bertz CT molecular complexity index is 1250. The zero-order valence-electron chi connectivity index (χ0n) is 19.1. The minimum absolute atomic E-state index is 0.0165. The molecule has 2 aliphatic heterocycles. The molecule has 2 aliphatic rings. The fourth-order valence-electron chi connectivity index (χ4n) is 4.76. The van der Waals surface area contributed by atoms with Crippen LogP contribution in [-0.2, 0) is 13.0 Å². The van der Waals surface area contributed by atoms with Gasteiger partial charge in [0.2, 0.25) is 0 Å². The predicted molar refractivity (Wildman–Crippen MR) is 129 cm³/mol. The molecule has 0 bridgehead atoms. The predicted octanol–water partition coefficient (Wildman–Crippen LogP) is 3.95. The van der Waals surface area contributed by atoms with Gasteiger partial charge in [-0.2, -0.15) is 0 Å². The fourth-order valence-corrected chi connectivity index (χ4v) is 5.73. The molecule has 7 nitrogen and oxygen atoms in total. The molecule has 1 saturated heterocycles. The summed E-state index contributed by atoms with van der Waals surface area (Å²) in [5, 5.41) is 22.3. The smallest absolute Gasteiger partial charge is 0.273 e. The van der Waals surface area contributed by atoms with E-state index in [-0.39, 0.29) is 34.9 Å². The second-order valence-corrected chi connectivity index (χ2v) is 10.0. The molecule has 9 heteroatoms. The van der Waals surface area contributed by atoms with Crippen LogP contribution in [0.15, 0.2) is 41.8 Å². The van der Waals surface area contributed by atoms with Crippen LogP contribution >= 0.6 is 11.3 Å². The third-order valence-electron chi connectivity index (χ3n) is 6.81. The minimum Gasteiger partial charge on any atom is -0.504 e. The summed E-state index contributed by atoms with van der Waals surface area (Å²) in [5.41, 5.74) is 2.72. The van der Waals surface area contributed by atoms with Crippen molar-refractivity contribution >= 4 is 23.0 Å². The van der Waals surface area contributed by atoms with E-state index in [1.807, 2.05) is 5.38 Å². The second kappa shape index (κ2) is 9.75. The van der Waals surface area contributed by atoms with E-state index in [2.05, 4.69) is 9.88 Å². The van der Waals surface area contributed by atoms with E-state index in [9.17, 15) is 24.2 Å². The fraction of sp³-hybridized carbons (Fsp3) is 0.346. The zero-order chi connectivity index (χ0) is 24.5. The van der Waals surface area contributed by atoms with E-state index >= 15 is 0 Å². The molecule has 3 heterocycles. The SMILES string of the molecule is O=C(CN1CCC(c2nc(C(=O)N3CCc4cc(O)c(O)cc4C3)cs2)CC1)c1ccc(F)cc1. The third-order valence-corrected chi connectivity index (χ3v) is 7.81. The molecule has 2 N–H and O–H groups in total. The zero-order valence-corrected chi connectivity index (χ0v) is 19.9. The van der Waals surface area contributed by atoms with Gasteiger partial charge in [0.05, 0.1) is 11.6 Å². The summed E-state index contributed by atoms with van der Waals surface area (Å²) in [4.78, 5) is 34.0. The van der Waals surface area contributed by atoms with Crippen LogP contribution in [0.1, 0.15) is 55.7 Å². The van der Waals surface area contributed by atoms with Crippen molar-refractivity contribution in [3.63, 3.8) is 0 Å². The van der Waals surface area contributed by atoms with Crippen molar-refractivity contribution in [2.45, 2.75) is 31.7 Å². The number of hydrogen-bond acceptors (Lipinski definition) is 7. The number of carbonyl (C=O) groups excluding carboxylic acids is 2. The topological polar surface area (TPSA) is 94.0 Å². The highest BCUT2D eigenvalue weighted by atomic mass is 32.1. The summed E-state index contributed by atoms with van der Waals surface area (Å²) in [6.07, 6.45) is 2.33. The largest absolute Gasteiger partial charge is 0.504 e. The number of nitrogens with zero attached hydrogens (tertiary/aromatic N) is 3. The van der Waals surface area contributed by atoms with Gasteiger partial charge in [-0.1, -0.05) is 0 Å². The maximum atomic E-state index is 13.1. The number of aromatic nitrogens is 1. The molecule has 1 amide bonds. The van der Waals surface area contributed by atoms with Crippen molar-refractivity contribution in [1.82, 2.24) is 14.8 Å². The summed E-state index contributed by atoms with van der Waals surface area (Å²) < 4.78 is 13.1. The van der Waals surface area contributed by atoms with E-state index in [1.54, 1.807) is 11.0 Å². The van der Waals surface area contributed by atoms with Crippen LogP contribution in [0, 0.1) is 5.82 Å². The van der Waals surface area contributed by atoms with E-state index in [1.165, 1.54) is 41.7 Å². The monoisotopic (exact) mass is 495 g/mol. The Morgan fingerprint density at radius 1 is 1.03 bits per heavy atom. The number of phenolic OH excluding ortho intramolecular Hbond substituents is 2. The first-order valence-electron chi connectivity index (χ1n) is 11.7.